The number of aromatic nitrogens is 7. The molecule has 7 heterocycles. The average Bonchev–Trinajstić information content (AvgIpc) is 3.75. The number of halogens is 1. The average molecular weight is 749 g/mol. The van der Waals surface area contributed by atoms with E-state index in [0.717, 1.165) is 17.1 Å². The van der Waals surface area contributed by atoms with Gasteiger partial charge in [0.25, 0.3) is 5.56 Å². The Bertz CT molecular complexity index is 2030. The van der Waals surface area contributed by atoms with Crippen LogP contribution in [-0.4, -0.2) is 88.4 Å². The lowest BCUT2D eigenvalue weighted by atomic mass is 10.1. The van der Waals surface area contributed by atoms with Gasteiger partial charge in [-0.1, -0.05) is 24.5 Å². The van der Waals surface area contributed by atoms with E-state index in [0.29, 0.717) is 17.0 Å². The molecule has 48 heavy (non-hydrogen) atoms. The maximum Gasteiger partial charge on any atom is 0.386 e. The van der Waals surface area contributed by atoms with Gasteiger partial charge < -0.3 is 29.4 Å². The lowest BCUT2D eigenvalue weighted by molar-refractivity contribution is -0.0565. The first-order valence-electron chi connectivity index (χ1n) is 14.6. The van der Waals surface area contributed by atoms with Gasteiger partial charge in [-0.3, -0.25) is 27.5 Å². The fourth-order valence-corrected chi connectivity index (χ4v) is 8.78. The number of hydrogen-bond acceptors (Lipinski definition) is 15. The summed E-state index contributed by atoms with van der Waals surface area (Å²) in [5, 5.41) is 14.1. The molecule has 0 aliphatic carbocycles. The molecule has 18 nitrogen and oxygen atoms in total. The largest absolute Gasteiger partial charge is 0.387 e. The Labute approximate surface area is 281 Å². The Morgan fingerprint density at radius 3 is 2.48 bits per heavy atom. The second-order valence-corrected chi connectivity index (χ2v) is 18.2. The van der Waals surface area contributed by atoms with Crippen LogP contribution in [0, 0.1) is 5.82 Å². The van der Waals surface area contributed by atoms with Crippen LogP contribution in [0.5, 0.6) is 0 Å². The van der Waals surface area contributed by atoms with Crippen molar-refractivity contribution in [3.63, 3.8) is 0 Å². The molecule has 260 valence electrons. The quantitative estimate of drug-likeness (QED) is 0.150. The molecule has 0 aromatic carbocycles. The summed E-state index contributed by atoms with van der Waals surface area (Å²) in [7, 11) is 0. The van der Waals surface area contributed by atoms with Gasteiger partial charge in [0, 0.05) is 18.2 Å². The summed E-state index contributed by atoms with van der Waals surface area (Å²) in [6.45, 7) is -3.56. The van der Waals surface area contributed by atoms with Crippen molar-refractivity contribution in [2.24, 2.45) is 0 Å². The standard InChI is InChI=1S/C25H31FN8O10P2S2/c1-25(2,3)32-20-17-22(29-8-27-20)34(10-31-17)15-4-12-13(41-15)6-39-46(38,48)44-19-18(35)14(7-40-45(37,47)43-12)42-24(19)33-5-11(26)16-21(33)28-9-30-23(16)36/h5,8-10,12-15,18-19,24,35H,4,6-7H2,1-3H3,(H,37,47)(H,38,48)(H,27,29,32)(H,28,30,36)/t12-,13+,14+,15+,18+,19+,24+,45?,46?/m0/s1. The van der Waals surface area contributed by atoms with E-state index in [9.17, 15) is 23.4 Å². The monoisotopic (exact) mass is 748 g/mol. The lowest BCUT2D eigenvalue weighted by Gasteiger charge is -2.26. The van der Waals surface area contributed by atoms with Crippen molar-refractivity contribution in [2.45, 2.75) is 75.7 Å². The van der Waals surface area contributed by atoms with E-state index >= 15 is 0 Å². The Morgan fingerprint density at radius 1 is 1.00 bits per heavy atom. The van der Waals surface area contributed by atoms with Crippen molar-refractivity contribution in [1.82, 2.24) is 34.1 Å². The van der Waals surface area contributed by atoms with Crippen molar-refractivity contribution < 1.29 is 46.2 Å². The summed E-state index contributed by atoms with van der Waals surface area (Å²) in [6, 6.07) is 0. The molecule has 3 aliphatic rings. The second kappa shape index (κ2) is 12.4. The van der Waals surface area contributed by atoms with Crippen LogP contribution in [0.2, 0.25) is 0 Å². The SMILES string of the molecule is CC(C)(C)Nc1ncnc2c1ncn2[C@H]1C[C@@H]2OP(=O)(S)OC[C@H]3O[C@@H](n4cc(F)c5c(=O)[nH]cnc54)[C@H](OP(=O)(S)OC[C@H]2O1)[C@@H]3O. The number of aliphatic hydroxyl groups is 1. The van der Waals surface area contributed by atoms with Gasteiger partial charge in [0.1, 0.15) is 48.5 Å². The Morgan fingerprint density at radius 2 is 1.73 bits per heavy atom. The lowest BCUT2D eigenvalue weighted by Crippen LogP contribution is -2.35. The van der Waals surface area contributed by atoms with Crippen molar-refractivity contribution in [3.8, 4) is 0 Å². The first-order chi connectivity index (χ1) is 22.6. The number of ether oxygens (including phenoxy) is 2. The van der Waals surface area contributed by atoms with Gasteiger partial charge in [-0.05, 0) is 20.8 Å². The van der Waals surface area contributed by atoms with Crippen molar-refractivity contribution >= 4 is 66.1 Å². The minimum absolute atomic E-state index is 0.100. The molecule has 0 amide bonds. The van der Waals surface area contributed by atoms with Gasteiger partial charge in [-0.2, -0.15) is 0 Å². The van der Waals surface area contributed by atoms with Crippen LogP contribution in [0.15, 0.2) is 30.0 Å². The molecular formula is C25H31FN8O10P2S2. The minimum atomic E-state index is -4.34. The van der Waals surface area contributed by atoms with Gasteiger partial charge in [0.2, 0.25) is 0 Å². The fourth-order valence-electron chi connectivity index (χ4n) is 5.80. The molecule has 0 spiro atoms. The number of nitrogens with zero attached hydrogens (tertiary/aromatic N) is 6. The molecule has 23 heteroatoms. The van der Waals surface area contributed by atoms with Gasteiger partial charge in [-0.15, -0.1) is 0 Å². The van der Waals surface area contributed by atoms with Gasteiger partial charge in [-0.25, -0.2) is 33.5 Å². The summed E-state index contributed by atoms with van der Waals surface area (Å²) in [4.78, 5) is 31.7. The highest BCUT2D eigenvalue weighted by Gasteiger charge is 2.51. The van der Waals surface area contributed by atoms with Gasteiger partial charge >= 0.3 is 13.6 Å². The third kappa shape index (κ3) is 6.58. The number of aliphatic hydroxyl groups excluding tert-OH is 1. The number of aromatic amines is 1. The zero-order valence-corrected chi connectivity index (χ0v) is 29.0. The van der Waals surface area contributed by atoms with Crippen LogP contribution in [-0.2, 0) is 36.7 Å². The highest BCUT2D eigenvalue weighted by Crippen LogP contribution is 2.60. The summed E-state index contributed by atoms with van der Waals surface area (Å²) in [5.74, 6) is -0.412. The van der Waals surface area contributed by atoms with E-state index in [1.54, 1.807) is 4.57 Å². The van der Waals surface area contributed by atoms with E-state index in [1.165, 1.54) is 12.7 Å². The van der Waals surface area contributed by atoms with Crippen LogP contribution in [0.25, 0.3) is 22.2 Å². The first-order valence-corrected chi connectivity index (χ1v) is 20.0. The van der Waals surface area contributed by atoms with Crippen LogP contribution >= 0.6 is 38.1 Å². The van der Waals surface area contributed by atoms with Crippen LogP contribution < -0.4 is 10.9 Å². The smallest absolute Gasteiger partial charge is 0.386 e. The van der Waals surface area contributed by atoms with E-state index in [-0.39, 0.29) is 23.0 Å². The first kappa shape index (κ1) is 34.0. The summed E-state index contributed by atoms with van der Waals surface area (Å²) >= 11 is 8.26. The second-order valence-electron chi connectivity index (χ2n) is 12.4. The number of nitrogens with one attached hydrogen (secondary N) is 2. The third-order valence-corrected chi connectivity index (χ3v) is 11.1. The number of imidazole rings is 1. The zero-order chi connectivity index (χ0) is 34.2. The summed E-state index contributed by atoms with van der Waals surface area (Å²) in [6.07, 6.45) is -3.52. The molecule has 4 aromatic rings. The molecule has 2 bridgehead atoms. The molecule has 3 aliphatic heterocycles. The van der Waals surface area contributed by atoms with Crippen molar-refractivity contribution in [1.29, 1.82) is 0 Å². The highest BCUT2D eigenvalue weighted by molar-refractivity contribution is 8.44. The number of anilines is 1. The van der Waals surface area contributed by atoms with Gasteiger partial charge in [0.05, 0.1) is 25.9 Å². The predicted molar refractivity (Wildman–Crippen MR) is 172 cm³/mol. The summed E-state index contributed by atoms with van der Waals surface area (Å²) < 4.78 is 79.5. The fraction of sp³-hybridized carbons (Fsp3) is 0.560. The van der Waals surface area contributed by atoms with E-state index < -0.39 is 81.2 Å². The molecule has 3 N–H and O–H groups in total. The molecular weight excluding hydrogens is 717 g/mol. The molecule has 0 saturated carbocycles. The molecule has 7 rings (SSSR count). The van der Waals surface area contributed by atoms with Crippen LogP contribution in [0.1, 0.15) is 39.6 Å². The van der Waals surface area contributed by atoms with Crippen molar-refractivity contribution in [2.75, 3.05) is 18.5 Å². The van der Waals surface area contributed by atoms with E-state index in [2.05, 4.69) is 54.7 Å². The number of H-pyrrole nitrogens is 1. The Kier molecular flexibility index (Phi) is 8.81. The number of thiol groups is 2. The molecule has 4 aromatic heterocycles. The van der Waals surface area contributed by atoms with Crippen LogP contribution in [0.4, 0.5) is 10.2 Å². The van der Waals surface area contributed by atoms with Crippen LogP contribution in [0.3, 0.4) is 0 Å². The number of fused-ring (bicyclic) bond motifs is 5. The predicted octanol–water partition coefficient (Wildman–Crippen LogP) is 3.35. The Balaban J connectivity index is 1.17. The van der Waals surface area contributed by atoms with E-state index in [1.807, 2.05) is 20.8 Å². The summed E-state index contributed by atoms with van der Waals surface area (Å²) in [5.41, 5.74) is -0.268. The molecule has 0 radical (unpaired) electrons. The maximum atomic E-state index is 14.8. The zero-order valence-electron chi connectivity index (χ0n) is 25.4. The normalized spacial score (nSPS) is 34.9. The van der Waals surface area contributed by atoms with E-state index in [4.69, 9.17) is 27.6 Å². The van der Waals surface area contributed by atoms with Gasteiger partial charge in [0.15, 0.2) is 34.7 Å². The number of hydrogen-bond donors (Lipinski definition) is 5. The highest BCUT2D eigenvalue weighted by atomic mass is 32.7. The third-order valence-electron chi connectivity index (χ3n) is 7.83. The Hall–Kier alpha value is -2.42. The maximum absolute atomic E-state index is 14.8. The molecule has 3 fully saturated rings. The minimum Gasteiger partial charge on any atom is -0.387 e. The topological polar surface area (TPSA) is 216 Å². The molecule has 2 unspecified atom stereocenters. The van der Waals surface area contributed by atoms with Crippen molar-refractivity contribution in [3.05, 3.63) is 41.3 Å². The molecule has 3 saturated heterocycles. The molecule has 9 atom stereocenters. The number of rotatable bonds is 3.